The maximum atomic E-state index is 11.6. The van der Waals surface area contributed by atoms with Crippen LogP contribution in [-0.2, 0) is 9.84 Å². The minimum absolute atomic E-state index is 0.0306. The van der Waals surface area contributed by atoms with E-state index in [0.717, 1.165) is 28.0 Å². The molecule has 1 fully saturated rings. The molecule has 1 aliphatic heterocycles. The van der Waals surface area contributed by atoms with Gasteiger partial charge in [-0.25, -0.2) is 13.1 Å². The standard InChI is InChI=1S/C15H16N4O2S/c1-10-6-12-7-13(2-3-14(12)16-10)19-8-15(17-18-19)11-4-5-22(20,21)9-11/h2-3,6-8,11,16H,4-5,9H2,1H3. The molecule has 0 spiro atoms. The molecular formula is C15H16N4O2S. The van der Waals surface area contributed by atoms with Crippen molar-refractivity contribution < 1.29 is 8.42 Å². The molecule has 0 saturated carbocycles. The third kappa shape index (κ3) is 2.31. The highest BCUT2D eigenvalue weighted by Crippen LogP contribution is 2.28. The normalized spacial score (nSPS) is 20.7. The summed E-state index contributed by atoms with van der Waals surface area (Å²) in [5.74, 6) is 0.401. The summed E-state index contributed by atoms with van der Waals surface area (Å²) in [6.45, 7) is 2.02. The van der Waals surface area contributed by atoms with Crippen molar-refractivity contribution in [2.24, 2.45) is 0 Å². The van der Waals surface area contributed by atoms with Gasteiger partial charge in [0, 0.05) is 22.5 Å². The zero-order valence-corrected chi connectivity index (χ0v) is 13.0. The van der Waals surface area contributed by atoms with Gasteiger partial charge in [-0.15, -0.1) is 5.10 Å². The van der Waals surface area contributed by atoms with Crippen molar-refractivity contribution in [3.63, 3.8) is 0 Å². The van der Waals surface area contributed by atoms with Crippen LogP contribution in [0.3, 0.4) is 0 Å². The second kappa shape index (κ2) is 4.67. The van der Waals surface area contributed by atoms with Gasteiger partial charge in [0.15, 0.2) is 9.84 Å². The van der Waals surface area contributed by atoms with Crippen molar-refractivity contribution >= 4 is 20.7 Å². The number of aromatic nitrogens is 4. The molecule has 1 atom stereocenters. The first-order valence-electron chi connectivity index (χ1n) is 7.23. The number of H-pyrrole nitrogens is 1. The van der Waals surface area contributed by atoms with E-state index in [1.165, 1.54) is 0 Å². The first-order chi connectivity index (χ1) is 10.5. The fourth-order valence-corrected chi connectivity index (χ4v) is 4.79. The number of hydrogen-bond donors (Lipinski definition) is 1. The molecular weight excluding hydrogens is 300 g/mol. The molecule has 6 nitrogen and oxygen atoms in total. The van der Waals surface area contributed by atoms with Crippen LogP contribution in [0.25, 0.3) is 16.6 Å². The van der Waals surface area contributed by atoms with Crippen molar-refractivity contribution in [2.75, 3.05) is 11.5 Å². The van der Waals surface area contributed by atoms with Crippen LogP contribution in [0.4, 0.5) is 0 Å². The summed E-state index contributed by atoms with van der Waals surface area (Å²) < 4.78 is 24.9. The van der Waals surface area contributed by atoms with Crippen LogP contribution in [0.15, 0.2) is 30.5 Å². The Bertz CT molecular complexity index is 955. The molecule has 1 unspecified atom stereocenters. The van der Waals surface area contributed by atoms with E-state index < -0.39 is 9.84 Å². The molecule has 1 saturated heterocycles. The largest absolute Gasteiger partial charge is 0.359 e. The third-order valence-corrected chi connectivity index (χ3v) is 5.93. The van der Waals surface area contributed by atoms with E-state index in [-0.39, 0.29) is 17.4 Å². The molecule has 7 heteroatoms. The summed E-state index contributed by atoms with van der Waals surface area (Å²) >= 11 is 0. The van der Waals surface area contributed by atoms with E-state index in [1.54, 1.807) is 4.68 Å². The topological polar surface area (TPSA) is 80.6 Å². The third-order valence-electron chi connectivity index (χ3n) is 4.17. The maximum Gasteiger partial charge on any atom is 0.151 e. The molecule has 3 aromatic rings. The van der Waals surface area contributed by atoms with Gasteiger partial charge in [0.1, 0.15) is 0 Å². The number of aryl methyl sites for hydroxylation is 1. The lowest BCUT2D eigenvalue weighted by Gasteiger charge is -2.02. The minimum atomic E-state index is -2.91. The van der Waals surface area contributed by atoms with Crippen LogP contribution in [-0.4, -0.2) is 39.9 Å². The molecule has 0 bridgehead atoms. The molecule has 22 heavy (non-hydrogen) atoms. The average molecular weight is 316 g/mol. The van der Waals surface area contributed by atoms with E-state index in [1.807, 2.05) is 31.3 Å². The predicted octanol–water partition coefficient (Wildman–Crippen LogP) is 1.96. The summed E-state index contributed by atoms with van der Waals surface area (Å²) in [6.07, 6.45) is 2.48. The Hall–Kier alpha value is -2.15. The van der Waals surface area contributed by atoms with Crippen LogP contribution >= 0.6 is 0 Å². The van der Waals surface area contributed by atoms with Gasteiger partial charge in [-0.1, -0.05) is 5.21 Å². The van der Waals surface area contributed by atoms with Crippen molar-refractivity contribution in [3.05, 3.63) is 41.9 Å². The Balaban J connectivity index is 1.67. The summed E-state index contributed by atoms with van der Waals surface area (Å²) in [6, 6.07) is 8.12. The van der Waals surface area contributed by atoms with E-state index in [2.05, 4.69) is 21.4 Å². The van der Waals surface area contributed by atoms with Crippen molar-refractivity contribution in [1.29, 1.82) is 0 Å². The zero-order chi connectivity index (χ0) is 15.3. The highest BCUT2D eigenvalue weighted by atomic mass is 32.2. The lowest BCUT2D eigenvalue weighted by Crippen LogP contribution is -2.04. The van der Waals surface area contributed by atoms with Gasteiger partial charge in [0.05, 0.1) is 29.1 Å². The summed E-state index contributed by atoms with van der Waals surface area (Å²) in [5, 5.41) is 9.44. The molecule has 1 N–H and O–H groups in total. The Morgan fingerprint density at radius 2 is 2.18 bits per heavy atom. The van der Waals surface area contributed by atoms with Crippen molar-refractivity contribution in [2.45, 2.75) is 19.3 Å². The summed E-state index contributed by atoms with van der Waals surface area (Å²) in [7, 11) is -2.91. The van der Waals surface area contributed by atoms with E-state index in [4.69, 9.17) is 0 Å². The fraction of sp³-hybridized carbons (Fsp3) is 0.333. The molecule has 1 aromatic carbocycles. The van der Waals surface area contributed by atoms with Crippen LogP contribution in [0, 0.1) is 6.92 Å². The van der Waals surface area contributed by atoms with Crippen LogP contribution in [0.1, 0.15) is 23.7 Å². The van der Waals surface area contributed by atoms with Crippen molar-refractivity contribution in [1.82, 2.24) is 20.0 Å². The average Bonchev–Trinajstić information content (AvgIpc) is 3.14. The van der Waals surface area contributed by atoms with Crippen molar-refractivity contribution in [3.8, 4) is 5.69 Å². The molecule has 3 heterocycles. The Morgan fingerprint density at radius 1 is 1.32 bits per heavy atom. The number of rotatable bonds is 2. The quantitative estimate of drug-likeness (QED) is 0.783. The molecule has 4 rings (SSSR count). The molecule has 0 radical (unpaired) electrons. The smallest absolute Gasteiger partial charge is 0.151 e. The Morgan fingerprint density at radius 3 is 2.95 bits per heavy atom. The summed E-state index contributed by atoms with van der Waals surface area (Å²) in [4.78, 5) is 3.28. The molecule has 114 valence electrons. The summed E-state index contributed by atoms with van der Waals surface area (Å²) in [5.41, 5.74) is 3.88. The first kappa shape index (κ1) is 13.5. The van der Waals surface area contributed by atoms with Gasteiger partial charge in [0.25, 0.3) is 0 Å². The lowest BCUT2D eigenvalue weighted by atomic mass is 10.1. The molecule has 2 aromatic heterocycles. The minimum Gasteiger partial charge on any atom is -0.359 e. The van der Waals surface area contributed by atoms with E-state index in [9.17, 15) is 8.42 Å². The number of benzene rings is 1. The highest BCUT2D eigenvalue weighted by molar-refractivity contribution is 7.91. The van der Waals surface area contributed by atoms with Crippen LogP contribution in [0.5, 0.6) is 0 Å². The van der Waals surface area contributed by atoms with E-state index in [0.29, 0.717) is 6.42 Å². The monoisotopic (exact) mass is 316 g/mol. The SMILES string of the molecule is Cc1cc2cc(-n3cc(C4CCS(=O)(=O)C4)nn3)ccc2[nH]1. The van der Waals surface area contributed by atoms with Gasteiger partial charge in [-0.05, 0) is 37.6 Å². The number of fused-ring (bicyclic) bond motifs is 1. The second-order valence-electron chi connectivity index (χ2n) is 5.91. The maximum absolute atomic E-state index is 11.6. The van der Waals surface area contributed by atoms with Gasteiger partial charge in [-0.3, -0.25) is 0 Å². The number of sulfone groups is 1. The molecule has 0 aliphatic carbocycles. The Kier molecular flexibility index (Phi) is 2.87. The van der Waals surface area contributed by atoms with Gasteiger partial charge in [0.2, 0.25) is 0 Å². The second-order valence-corrected chi connectivity index (χ2v) is 8.14. The van der Waals surface area contributed by atoms with Gasteiger partial charge < -0.3 is 4.98 Å². The molecule has 0 amide bonds. The first-order valence-corrected chi connectivity index (χ1v) is 9.05. The van der Waals surface area contributed by atoms with Crippen LogP contribution in [0.2, 0.25) is 0 Å². The molecule has 1 aliphatic rings. The van der Waals surface area contributed by atoms with Gasteiger partial charge >= 0.3 is 0 Å². The van der Waals surface area contributed by atoms with Crippen LogP contribution < -0.4 is 0 Å². The Labute approximate surface area is 128 Å². The fourth-order valence-electron chi connectivity index (χ4n) is 3.03. The van der Waals surface area contributed by atoms with E-state index >= 15 is 0 Å². The van der Waals surface area contributed by atoms with Gasteiger partial charge in [-0.2, -0.15) is 0 Å². The zero-order valence-electron chi connectivity index (χ0n) is 12.2. The number of nitrogens with zero attached hydrogens (tertiary/aromatic N) is 3. The number of nitrogens with one attached hydrogen (secondary N) is 1. The number of aromatic amines is 1. The highest BCUT2D eigenvalue weighted by Gasteiger charge is 2.30. The lowest BCUT2D eigenvalue weighted by molar-refractivity contribution is 0.601. The number of hydrogen-bond acceptors (Lipinski definition) is 4. The predicted molar refractivity (Wildman–Crippen MR) is 84.0 cm³/mol.